The lowest BCUT2D eigenvalue weighted by atomic mass is 10.2. The number of rotatable bonds is 5. The van der Waals surface area contributed by atoms with Crippen LogP contribution in [0.3, 0.4) is 0 Å². The molecule has 2 aliphatic rings. The van der Waals surface area contributed by atoms with Gasteiger partial charge in [-0.05, 0) is 31.1 Å². The molecule has 152 valence electrons. The van der Waals surface area contributed by atoms with E-state index < -0.39 is 17.9 Å². The highest BCUT2D eigenvalue weighted by Gasteiger charge is 2.25. The van der Waals surface area contributed by atoms with E-state index in [0.29, 0.717) is 27.8 Å². The topological polar surface area (TPSA) is 127 Å². The maximum absolute atomic E-state index is 11.9. The summed E-state index contributed by atoms with van der Waals surface area (Å²) in [5, 5.41) is 12.5. The van der Waals surface area contributed by atoms with Gasteiger partial charge in [-0.25, -0.2) is 14.6 Å². The van der Waals surface area contributed by atoms with Gasteiger partial charge >= 0.3 is 12.0 Å². The van der Waals surface area contributed by atoms with Crippen molar-refractivity contribution in [2.75, 3.05) is 12.4 Å². The number of esters is 1. The second-order valence-corrected chi connectivity index (χ2v) is 7.99. The molecule has 0 atom stereocenters. The molecule has 2 fully saturated rings. The lowest BCUT2D eigenvalue weighted by molar-refractivity contribution is -0.115. The lowest BCUT2D eigenvalue weighted by Crippen LogP contribution is -2.22. The molecular weight excluding hydrogens is 408 g/mol. The molecule has 1 saturated carbocycles. The molecule has 0 spiro atoms. The quantitative estimate of drug-likeness (QED) is 0.325. The molecule has 0 aromatic carbocycles. The number of fused-ring (bicyclic) bond motifs is 1. The molecule has 10 nitrogen and oxygen atoms in total. The molecule has 0 unspecified atom stereocenters. The van der Waals surface area contributed by atoms with Crippen LogP contribution in [0.2, 0.25) is 0 Å². The SMILES string of the molecule is COC(=O)c1ccc(-c2cc(NC3CC3)n3ncc(C=C4NC(=O)NC4=O)c3n2)s1. The fraction of sp³-hybridized carbons (Fsp3) is 0.211. The predicted molar refractivity (Wildman–Crippen MR) is 109 cm³/mol. The monoisotopic (exact) mass is 424 g/mol. The Morgan fingerprint density at radius 3 is 2.87 bits per heavy atom. The molecular formula is C19H16N6O4S. The number of amides is 3. The average molecular weight is 424 g/mol. The minimum atomic E-state index is -0.568. The van der Waals surface area contributed by atoms with E-state index >= 15 is 0 Å². The third kappa shape index (κ3) is 3.28. The minimum Gasteiger partial charge on any atom is -0.465 e. The second-order valence-electron chi connectivity index (χ2n) is 6.90. The molecule has 3 amide bonds. The Bertz CT molecular complexity index is 1240. The van der Waals surface area contributed by atoms with E-state index in [2.05, 4.69) is 21.0 Å². The number of hydrogen-bond donors (Lipinski definition) is 3. The third-order valence-corrected chi connectivity index (χ3v) is 5.78. The van der Waals surface area contributed by atoms with E-state index in [4.69, 9.17) is 9.72 Å². The number of aromatic nitrogens is 3. The van der Waals surface area contributed by atoms with Gasteiger partial charge in [-0.15, -0.1) is 11.3 Å². The number of anilines is 1. The normalized spacial score (nSPS) is 17.3. The number of nitrogens with zero attached hydrogens (tertiary/aromatic N) is 3. The van der Waals surface area contributed by atoms with Crippen molar-refractivity contribution in [3.8, 4) is 10.6 Å². The summed E-state index contributed by atoms with van der Waals surface area (Å²) in [5.41, 5.74) is 1.88. The van der Waals surface area contributed by atoms with Gasteiger partial charge in [0.05, 0.1) is 23.9 Å². The Labute approximate surface area is 173 Å². The molecule has 4 heterocycles. The Morgan fingerprint density at radius 2 is 2.17 bits per heavy atom. The van der Waals surface area contributed by atoms with Crippen molar-refractivity contribution in [1.29, 1.82) is 0 Å². The van der Waals surface area contributed by atoms with E-state index in [1.54, 1.807) is 16.8 Å². The van der Waals surface area contributed by atoms with Crippen molar-refractivity contribution in [1.82, 2.24) is 25.2 Å². The highest BCUT2D eigenvalue weighted by Crippen LogP contribution is 2.32. The Kier molecular flexibility index (Phi) is 4.24. The molecule has 5 rings (SSSR count). The fourth-order valence-electron chi connectivity index (χ4n) is 3.07. The van der Waals surface area contributed by atoms with Gasteiger partial charge in [-0.2, -0.15) is 9.61 Å². The van der Waals surface area contributed by atoms with Crippen LogP contribution >= 0.6 is 11.3 Å². The summed E-state index contributed by atoms with van der Waals surface area (Å²) in [6, 6.07) is 5.20. The summed E-state index contributed by atoms with van der Waals surface area (Å²) in [6.07, 6.45) is 5.28. The zero-order chi connectivity index (χ0) is 20.8. The van der Waals surface area contributed by atoms with Gasteiger partial charge < -0.3 is 15.4 Å². The van der Waals surface area contributed by atoms with E-state index in [0.717, 1.165) is 23.5 Å². The maximum atomic E-state index is 11.9. The first-order valence-corrected chi connectivity index (χ1v) is 10.0. The number of thiophene rings is 1. The van der Waals surface area contributed by atoms with E-state index in [9.17, 15) is 14.4 Å². The van der Waals surface area contributed by atoms with Crippen LogP contribution < -0.4 is 16.0 Å². The van der Waals surface area contributed by atoms with Gasteiger partial charge in [0.2, 0.25) is 0 Å². The molecule has 11 heteroatoms. The zero-order valence-electron chi connectivity index (χ0n) is 15.8. The van der Waals surface area contributed by atoms with Crippen molar-refractivity contribution in [3.05, 3.63) is 40.5 Å². The minimum absolute atomic E-state index is 0.128. The van der Waals surface area contributed by atoms with Crippen LogP contribution in [0.5, 0.6) is 0 Å². The maximum Gasteiger partial charge on any atom is 0.348 e. The second kappa shape index (κ2) is 6.95. The van der Waals surface area contributed by atoms with Gasteiger partial charge in [-0.1, -0.05) is 0 Å². The zero-order valence-corrected chi connectivity index (χ0v) is 16.6. The summed E-state index contributed by atoms with van der Waals surface area (Å²) in [7, 11) is 1.34. The number of urea groups is 1. The highest BCUT2D eigenvalue weighted by atomic mass is 32.1. The first-order chi connectivity index (χ1) is 14.5. The van der Waals surface area contributed by atoms with Crippen molar-refractivity contribution in [2.45, 2.75) is 18.9 Å². The lowest BCUT2D eigenvalue weighted by Gasteiger charge is -2.09. The molecule has 30 heavy (non-hydrogen) atoms. The standard InChI is InChI=1S/C19H16N6O4S/c1-29-18(27)14-5-4-13(30-14)11-7-15(21-10-2-3-10)25-16(22-11)9(8-20-25)6-12-17(26)24-19(28)23-12/h4-8,10,21H,2-3H2,1H3,(H2,23,24,26,28). The third-order valence-electron chi connectivity index (χ3n) is 4.69. The van der Waals surface area contributed by atoms with Gasteiger partial charge in [0.25, 0.3) is 5.91 Å². The van der Waals surface area contributed by atoms with Crippen LogP contribution in [0.15, 0.2) is 30.1 Å². The smallest absolute Gasteiger partial charge is 0.348 e. The van der Waals surface area contributed by atoms with Crippen LogP contribution in [-0.4, -0.2) is 45.7 Å². The van der Waals surface area contributed by atoms with E-state index in [-0.39, 0.29) is 5.70 Å². The van der Waals surface area contributed by atoms with Gasteiger partial charge in [0, 0.05) is 17.7 Å². The van der Waals surface area contributed by atoms with Crippen LogP contribution in [-0.2, 0) is 9.53 Å². The Morgan fingerprint density at radius 1 is 1.33 bits per heavy atom. The molecule has 1 aliphatic heterocycles. The number of carbonyl (C=O) groups is 3. The van der Waals surface area contributed by atoms with Gasteiger partial charge in [0.15, 0.2) is 5.65 Å². The van der Waals surface area contributed by atoms with Crippen molar-refractivity contribution in [3.63, 3.8) is 0 Å². The van der Waals surface area contributed by atoms with Crippen molar-refractivity contribution in [2.24, 2.45) is 0 Å². The van der Waals surface area contributed by atoms with Crippen LogP contribution in [0.25, 0.3) is 22.3 Å². The number of hydrogen-bond acceptors (Lipinski definition) is 8. The molecule has 1 saturated heterocycles. The van der Waals surface area contributed by atoms with Crippen LogP contribution in [0.1, 0.15) is 28.1 Å². The highest BCUT2D eigenvalue weighted by molar-refractivity contribution is 7.17. The predicted octanol–water partition coefficient (Wildman–Crippen LogP) is 2.00. The van der Waals surface area contributed by atoms with E-state index in [1.165, 1.54) is 24.5 Å². The van der Waals surface area contributed by atoms with Crippen LogP contribution in [0, 0.1) is 0 Å². The number of methoxy groups -OCH3 is 1. The summed E-state index contributed by atoms with van der Waals surface area (Å²) in [6.45, 7) is 0. The van der Waals surface area contributed by atoms with Gasteiger partial charge in [0.1, 0.15) is 16.4 Å². The molecule has 0 bridgehead atoms. The van der Waals surface area contributed by atoms with Crippen molar-refractivity contribution < 1.29 is 19.1 Å². The molecule has 3 aromatic rings. The summed E-state index contributed by atoms with van der Waals surface area (Å²) >= 11 is 1.28. The molecule has 3 aromatic heterocycles. The molecule has 0 radical (unpaired) electrons. The molecule has 1 aliphatic carbocycles. The molecule has 3 N–H and O–H groups in total. The van der Waals surface area contributed by atoms with Crippen molar-refractivity contribution >= 4 is 46.8 Å². The van der Waals surface area contributed by atoms with E-state index in [1.807, 2.05) is 12.1 Å². The Hall–Kier alpha value is -3.73. The van der Waals surface area contributed by atoms with Crippen LogP contribution in [0.4, 0.5) is 10.6 Å². The first-order valence-electron chi connectivity index (χ1n) is 9.19. The fourth-order valence-corrected chi connectivity index (χ4v) is 3.96. The Balaban J connectivity index is 1.62. The summed E-state index contributed by atoms with van der Waals surface area (Å²) < 4.78 is 6.45. The number of ether oxygens (including phenoxy) is 1. The van der Waals surface area contributed by atoms with Gasteiger partial charge in [-0.3, -0.25) is 10.1 Å². The number of nitrogens with one attached hydrogen (secondary N) is 3. The largest absolute Gasteiger partial charge is 0.465 e. The average Bonchev–Trinajstić information content (AvgIpc) is 3.12. The number of imide groups is 1. The number of carbonyl (C=O) groups excluding carboxylic acids is 3. The first kappa shape index (κ1) is 18.3. The summed E-state index contributed by atoms with van der Waals surface area (Å²) in [4.78, 5) is 41.1. The summed E-state index contributed by atoms with van der Waals surface area (Å²) in [5.74, 6) is -0.149.